The van der Waals surface area contributed by atoms with Crippen molar-refractivity contribution in [3.8, 4) is 0 Å². The maximum absolute atomic E-state index is 2.55. The van der Waals surface area contributed by atoms with Gasteiger partial charge in [-0.25, -0.2) is 0 Å². The van der Waals surface area contributed by atoms with E-state index in [0.29, 0.717) is 12.2 Å². The minimum atomic E-state index is 0.613. The molecule has 22 heavy (non-hydrogen) atoms. The molecule has 0 aromatic rings. The standard InChI is InChI=1S/C20H40N2/c1-5-7-8-9-10-11-12-13-14-15-20-21(16-6-2)17-18-22(20)19(3)4/h17-20H,5-16H2,1-4H3. The highest BCUT2D eigenvalue weighted by molar-refractivity contribution is 4.98. The molecule has 130 valence electrons. The summed E-state index contributed by atoms with van der Waals surface area (Å²) in [5.41, 5.74) is 0. The predicted octanol–water partition coefficient (Wildman–Crippen LogP) is 6.14. The summed E-state index contributed by atoms with van der Waals surface area (Å²) in [5.74, 6) is 0. The van der Waals surface area contributed by atoms with E-state index < -0.39 is 0 Å². The van der Waals surface area contributed by atoms with E-state index in [0.717, 1.165) is 0 Å². The SMILES string of the molecule is CCCCCCCCCCCC1N(CCC)C=CN1C(C)C. The summed E-state index contributed by atoms with van der Waals surface area (Å²) >= 11 is 0. The Bertz CT molecular complexity index is 285. The fourth-order valence-corrected chi connectivity index (χ4v) is 3.48. The lowest BCUT2D eigenvalue weighted by molar-refractivity contribution is 0.115. The van der Waals surface area contributed by atoms with Gasteiger partial charge in [0, 0.05) is 25.0 Å². The second-order valence-corrected chi connectivity index (χ2v) is 7.17. The van der Waals surface area contributed by atoms with Crippen molar-refractivity contribution in [3.63, 3.8) is 0 Å². The van der Waals surface area contributed by atoms with E-state index in [1.165, 1.54) is 77.2 Å². The molecule has 0 aromatic carbocycles. The van der Waals surface area contributed by atoms with Crippen LogP contribution in [-0.2, 0) is 0 Å². The zero-order valence-electron chi connectivity index (χ0n) is 15.7. The molecule has 0 fully saturated rings. The first kappa shape index (κ1) is 19.4. The molecular formula is C20H40N2. The first-order valence-corrected chi connectivity index (χ1v) is 9.92. The molecule has 0 saturated carbocycles. The minimum absolute atomic E-state index is 0.613. The van der Waals surface area contributed by atoms with E-state index in [2.05, 4.69) is 49.9 Å². The second kappa shape index (κ2) is 11.8. The molecule has 1 unspecified atom stereocenters. The normalized spacial score (nSPS) is 18.0. The van der Waals surface area contributed by atoms with Gasteiger partial charge < -0.3 is 9.80 Å². The fourth-order valence-electron chi connectivity index (χ4n) is 3.48. The molecule has 0 saturated heterocycles. The Kier molecular flexibility index (Phi) is 10.4. The Hall–Kier alpha value is -0.660. The topological polar surface area (TPSA) is 6.48 Å². The maximum Gasteiger partial charge on any atom is 0.101 e. The third kappa shape index (κ3) is 7.07. The van der Waals surface area contributed by atoms with Crippen LogP contribution >= 0.6 is 0 Å². The minimum Gasteiger partial charge on any atom is -0.356 e. The van der Waals surface area contributed by atoms with Crippen LogP contribution in [0.3, 0.4) is 0 Å². The van der Waals surface area contributed by atoms with Crippen LogP contribution in [0.25, 0.3) is 0 Å². The molecule has 1 heterocycles. The summed E-state index contributed by atoms with van der Waals surface area (Å²) in [6, 6.07) is 0.613. The van der Waals surface area contributed by atoms with Gasteiger partial charge in [0.2, 0.25) is 0 Å². The van der Waals surface area contributed by atoms with Crippen LogP contribution in [0.2, 0.25) is 0 Å². The Morgan fingerprint density at radius 1 is 0.773 bits per heavy atom. The third-order valence-electron chi connectivity index (χ3n) is 4.80. The van der Waals surface area contributed by atoms with Crippen molar-refractivity contribution < 1.29 is 0 Å². The molecule has 0 spiro atoms. The number of nitrogens with zero attached hydrogens (tertiary/aromatic N) is 2. The number of rotatable bonds is 13. The molecule has 2 heteroatoms. The zero-order chi connectivity index (χ0) is 16.2. The molecule has 0 bridgehead atoms. The van der Waals surface area contributed by atoms with E-state index >= 15 is 0 Å². The highest BCUT2D eigenvalue weighted by Crippen LogP contribution is 2.24. The summed E-state index contributed by atoms with van der Waals surface area (Å²) in [5, 5.41) is 0. The van der Waals surface area contributed by atoms with Crippen LogP contribution in [0.15, 0.2) is 12.4 Å². The number of hydrogen-bond donors (Lipinski definition) is 0. The van der Waals surface area contributed by atoms with E-state index in [1.807, 2.05) is 0 Å². The van der Waals surface area contributed by atoms with Crippen molar-refractivity contribution in [2.45, 2.75) is 111 Å². The number of unbranched alkanes of at least 4 members (excludes halogenated alkanes) is 8. The molecule has 0 aliphatic carbocycles. The Labute approximate surface area is 139 Å². The van der Waals surface area contributed by atoms with Gasteiger partial charge in [-0.3, -0.25) is 0 Å². The van der Waals surface area contributed by atoms with Crippen LogP contribution in [-0.4, -0.2) is 28.6 Å². The fraction of sp³-hybridized carbons (Fsp3) is 0.900. The lowest BCUT2D eigenvalue weighted by Crippen LogP contribution is -2.42. The summed E-state index contributed by atoms with van der Waals surface area (Å²) in [7, 11) is 0. The molecule has 1 aliphatic rings. The van der Waals surface area contributed by atoms with Crippen LogP contribution in [0.1, 0.15) is 98.3 Å². The summed E-state index contributed by atoms with van der Waals surface area (Å²) in [6.45, 7) is 10.4. The third-order valence-corrected chi connectivity index (χ3v) is 4.80. The molecular weight excluding hydrogens is 268 g/mol. The van der Waals surface area contributed by atoms with E-state index in [9.17, 15) is 0 Å². The maximum atomic E-state index is 2.55. The van der Waals surface area contributed by atoms with E-state index in [-0.39, 0.29) is 0 Å². The predicted molar refractivity (Wildman–Crippen MR) is 98.7 cm³/mol. The Balaban J connectivity index is 2.13. The van der Waals surface area contributed by atoms with Crippen molar-refractivity contribution in [2.24, 2.45) is 0 Å². The number of hydrogen-bond acceptors (Lipinski definition) is 2. The molecule has 0 radical (unpaired) electrons. The molecule has 1 atom stereocenters. The van der Waals surface area contributed by atoms with Crippen molar-refractivity contribution in [3.05, 3.63) is 12.4 Å². The second-order valence-electron chi connectivity index (χ2n) is 7.17. The van der Waals surface area contributed by atoms with E-state index in [4.69, 9.17) is 0 Å². The smallest absolute Gasteiger partial charge is 0.101 e. The Morgan fingerprint density at radius 2 is 1.36 bits per heavy atom. The lowest BCUT2D eigenvalue weighted by atomic mass is 10.1. The first-order valence-electron chi connectivity index (χ1n) is 9.92. The summed E-state index contributed by atoms with van der Waals surface area (Å²) in [4.78, 5) is 5.09. The molecule has 2 nitrogen and oxygen atoms in total. The van der Waals surface area contributed by atoms with Crippen LogP contribution in [0.5, 0.6) is 0 Å². The molecule has 0 aromatic heterocycles. The highest BCUT2D eigenvalue weighted by atomic mass is 15.4. The zero-order valence-corrected chi connectivity index (χ0v) is 15.7. The van der Waals surface area contributed by atoms with Gasteiger partial charge in [-0.2, -0.15) is 0 Å². The van der Waals surface area contributed by atoms with Crippen molar-refractivity contribution in [1.82, 2.24) is 9.80 Å². The highest BCUT2D eigenvalue weighted by Gasteiger charge is 2.26. The molecule has 1 aliphatic heterocycles. The van der Waals surface area contributed by atoms with Crippen LogP contribution in [0, 0.1) is 0 Å². The lowest BCUT2D eigenvalue weighted by Gasteiger charge is -2.35. The van der Waals surface area contributed by atoms with Crippen molar-refractivity contribution >= 4 is 0 Å². The largest absolute Gasteiger partial charge is 0.356 e. The summed E-state index contributed by atoms with van der Waals surface area (Å²) < 4.78 is 0. The van der Waals surface area contributed by atoms with E-state index in [1.54, 1.807) is 0 Å². The van der Waals surface area contributed by atoms with Gasteiger partial charge in [0.1, 0.15) is 6.17 Å². The Morgan fingerprint density at radius 3 is 1.91 bits per heavy atom. The average Bonchev–Trinajstić information content (AvgIpc) is 2.89. The van der Waals surface area contributed by atoms with Gasteiger partial charge in [0.05, 0.1) is 0 Å². The van der Waals surface area contributed by atoms with Crippen molar-refractivity contribution in [2.75, 3.05) is 6.54 Å². The monoisotopic (exact) mass is 308 g/mol. The van der Waals surface area contributed by atoms with Crippen molar-refractivity contribution in [1.29, 1.82) is 0 Å². The van der Waals surface area contributed by atoms with Crippen LogP contribution < -0.4 is 0 Å². The van der Waals surface area contributed by atoms with Gasteiger partial charge in [-0.1, -0.05) is 65.2 Å². The quantitative estimate of drug-likeness (QED) is 0.377. The van der Waals surface area contributed by atoms with Gasteiger partial charge in [0.15, 0.2) is 0 Å². The summed E-state index contributed by atoms with van der Waals surface area (Å²) in [6.07, 6.45) is 20.6. The molecule has 0 amide bonds. The molecule has 1 rings (SSSR count). The van der Waals surface area contributed by atoms with Gasteiger partial charge in [-0.05, 0) is 33.1 Å². The first-order chi connectivity index (χ1) is 10.7. The van der Waals surface area contributed by atoms with Gasteiger partial charge >= 0.3 is 0 Å². The van der Waals surface area contributed by atoms with Gasteiger partial charge in [0.25, 0.3) is 0 Å². The van der Waals surface area contributed by atoms with Gasteiger partial charge in [-0.15, -0.1) is 0 Å². The molecule has 0 N–H and O–H groups in total. The average molecular weight is 309 g/mol. The van der Waals surface area contributed by atoms with Crippen LogP contribution in [0.4, 0.5) is 0 Å².